The van der Waals surface area contributed by atoms with E-state index in [1.165, 1.54) is 6.07 Å². The van der Waals surface area contributed by atoms with Crippen molar-refractivity contribution in [1.29, 1.82) is 0 Å². The Labute approximate surface area is 106 Å². The molecule has 1 unspecified atom stereocenters. The van der Waals surface area contributed by atoms with Gasteiger partial charge in [0.15, 0.2) is 11.6 Å². The van der Waals surface area contributed by atoms with E-state index in [0.29, 0.717) is 12.3 Å². The second-order valence-electron chi connectivity index (χ2n) is 4.09. The number of hydrogen-bond acceptors (Lipinski definition) is 3. The third kappa shape index (κ3) is 5.42. The molecule has 0 spiro atoms. The Kier molecular flexibility index (Phi) is 6.60. The van der Waals surface area contributed by atoms with E-state index in [1.807, 2.05) is 0 Å². The largest absolute Gasteiger partial charge is 0.389 e. The molecule has 1 aromatic rings. The molecule has 102 valence electrons. The van der Waals surface area contributed by atoms with Crippen LogP contribution >= 0.6 is 0 Å². The number of unbranched alkanes of at least 4 members (excludes halogenated alkanes) is 1. The van der Waals surface area contributed by atoms with Crippen LogP contribution in [0.3, 0.4) is 0 Å². The number of anilines is 1. The van der Waals surface area contributed by atoms with Crippen molar-refractivity contribution in [2.45, 2.75) is 25.9 Å². The molecule has 3 nitrogen and oxygen atoms in total. The maximum Gasteiger partial charge on any atom is 0.160 e. The molecule has 0 aliphatic heterocycles. The average Bonchev–Trinajstić information content (AvgIpc) is 2.36. The fourth-order valence-corrected chi connectivity index (χ4v) is 1.37. The summed E-state index contributed by atoms with van der Waals surface area (Å²) >= 11 is 0. The Hall–Kier alpha value is -1.20. The Morgan fingerprint density at radius 1 is 1.33 bits per heavy atom. The van der Waals surface area contributed by atoms with Crippen molar-refractivity contribution in [3.63, 3.8) is 0 Å². The van der Waals surface area contributed by atoms with Crippen LogP contribution in [0.1, 0.15) is 19.8 Å². The van der Waals surface area contributed by atoms with Crippen molar-refractivity contribution in [2.24, 2.45) is 0 Å². The topological polar surface area (TPSA) is 41.5 Å². The number of nitrogens with one attached hydrogen (secondary N) is 1. The number of aliphatic hydroxyl groups excluding tert-OH is 1. The molecule has 0 saturated carbocycles. The molecular formula is C13H19F2NO2. The lowest BCUT2D eigenvalue weighted by Gasteiger charge is -2.13. The average molecular weight is 259 g/mol. The van der Waals surface area contributed by atoms with E-state index in [0.717, 1.165) is 25.0 Å². The minimum atomic E-state index is -0.909. The molecular weight excluding hydrogens is 240 g/mol. The Balaban J connectivity index is 2.24. The van der Waals surface area contributed by atoms with Gasteiger partial charge in [0, 0.05) is 24.9 Å². The molecule has 0 heterocycles. The summed E-state index contributed by atoms with van der Waals surface area (Å²) in [6.45, 7) is 3.15. The summed E-state index contributed by atoms with van der Waals surface area (Å²) in [5.41, 5.74) is 0.432. The molecule has 0 aliphatic rings. The van der Waals surface area contributed by atoms with Crippen molar-refractivity contribution in [3.8, 4) is 0 Å². The van der Waals surface area contributed by atoms with Gasteiger partial charge in [0.1, 0.15) is 0 Å². The molecule has 0 aromatic heterocycles. The van der Waals surface area contributed by atoms with E-state index in [9.17, 15) is 13.9 Å². The van der Waals surface area contributed by atoms with Gasteiger partial charge in [-0.1, -0.05) is 13.3 Å². The standard InChI is InChI=1S/C13H19F2NO2/c1-2-3-6-18-9-11(17)8-16-10-4-5-12(14)13(15)7-10/h4-5,7,11,16-17H,2-3,6,8-9H2,1H3. The van der Waals surface area contributed by atoms with Crippen LogP contribution in [0.4, 0.5) is 14.5 Å². The second-order valence-corrected chi connectivity index (χ2v) is 4.09. The van der Waals surface area contributed by atoms with Crippen molar-refractivity contribution < 1.29 is 18.6 Å². The van der Waals surface area contributed by atoms with Crippen LogP contribution in [0.25, 0.3) is 0 Å². The lowest BCUT2D eigenvalue weighted by Crippen LogP contribution is -2.25. The lowest BCUT2D eigenvalue weighted by atomic mass is 10.3. The fraction of sp³-hybridized carbons (Fsp3) is 0.538. The maximum atomic E-state index is 12.9. The number of ether oxygens (including phenoxy) is 1. The molecule has 0 bridgehead atoms. The molecule has 1 aromatic carbocycles. The first-order chi connectivity index (χ1) is 8.63. The molecule has 5 heteroatoms. The van der Waals surface area contributed by atoms with Crippen LogP contribution in [0.2, 0.25) is 0 Å². The van der Waals surface area contributed by atoms with E-state index in [2.05, 4.69) is 12.2 Å². The van der Waals surface area contributed by atoms with Crippen LogP contribution < -0.4 is 5.32 Å². The molecule has 0 saturated heterocycles. The first-order valence-electron chi connectivity index (χ1n) is 6.08. The van der Waals surface area contributed by atoms with E-state index >= 15 is 0 Å². The summed E-state index contributed by atoms with van der Waals surface area (Å²) in [5, 5.41) is 12.4. The SMILES string of the molecule is CCCCOCC(O)CNc1ccc(F)c(F)c1. The Morgan fingerprint density at radius 2 is 2.11 bits per heavy atom. The van der Waals surface area contributed by atoms with E-state index < -0.39 is 17.7 Å². The van der Waals surface area contributed by atoms with Gasteiger partial charge in [-0.2, -0.15) is 0 Å². The number of benzene rings is 1. The zero-order valence-corrected chi connectivity index (χ0v) is 10.5. The fourth-order valence-electron chi connectivity index (χ4n) is 1.37. The Morgan fingerprint density at radius 3 is 2.78 bits per heavy atom. The number of aliphatic hydroxyl groups is 1. The quantitative estimate of drug-likeness (QED) is 0.705. The normalized spacial score (nSPS) is 12.4. The first kappa shape index (κ1) is 14.9. The molecule has 2 N–H and O–H groups in total. The van der Waals surface area contributed by atoms with Crippen LogP contribution in [-0.4, -0.2) is 31.0 Å². The van der Waals surface area contributed by atoms with Gasteiger partial charge in [0.25, 0.3) is 0 Å². The van der Waals surface area contributed by atoms with Gasteiger partial charge >= 0.3 is 0 Å². The molecule has 0 radical (unpaired) electrons. The van der Waals surface area contributed by atoms with Crippen LogP contribution in [0.5, 0.6) is 0 Å². The summed E-state index contributed by atoms with van der Waals surface area (Å²) in [5.74, 6) is -1.79. The minimum absolute atomic E-state index is 0.233. The first-order valence-corrected chi connectivity index (χ1v) is 6.08. The highest BCUT2D eigenvalue weighted by Gasteiger charge is 2.06. The van der Waals surface area contributed by atoms with Crippen LogP contribution in [-0.2, 0) is 4.74 Å². The third-order valence-corrected chi connectivity index (χ3v) is 2.41. The zero-order chi connectivity index (χ0) is 13.4. The van der Waals surface area contributed by atoms with Gasteiger partial charge < -0.3 is 15.2 Å². The predicted molar refractivity (Wildman–Crippen MR) is 66.6 cm³/mol. The number of hydrogen-bond donors (Lipinski definition) is 2. The minimum Gasteiger partial charge on any atom is -0.389 e. The van der Waals surface area contributed by atoms with E-state index in [-0.39, 0.29) is 13.2 Å². The van der Waals surface area contributed by atoms with Crippen molar-refractivity contribution in [1.82, 2.24) is 0 Å². The zero-order valence-electron chi connectivity index (χ0n) is 10.5. The van der Waals surface area contributed by atoms with Gasteiger partial charge in [-0.3, -0.25) is 0 Å². The summed E-state index contributed by atoms with van der Waals surface area (Å²) in [4.78, 5) is 0. The lowest BCUT2D eigenvalue weighted by molar-refractivity contribution is 0.0421. The van der Waals surface area contributed by atoms with E-state index in [4.69, 9.17) is 4.74 Å². The molecule has 18 heavy (non-hydrogen) atoms. The summed E-state index contributed by atoms with van der Waals surface area (Å²) < 4.78 is 30.8. The van der Waals surface area contributed by atoms with Gasteiger partial charge in [0.2, 0.25) is 0 Å². The van der Waals surface area contributed by atoms with Crippen molar-refractivity contribution in [3.05, 3.63) is 29.8 Å². The highest BCUT2D eigenvalue weighted by atomic mass is 19.2. The highest BCUT2D eigenvalue weighted by molar-refractivity contribution is 5.43. The maximum absolute atomic E-state index is 12.9. The van der Waals surface area contributed by atoms with Gasteiger partial charge in [-0.05, 0) is 18.6 Å². The van der Waals surface area contributed by atoms with Gasteiger partial charge in [0.05, 0.1) is 12.7 Å². The van der Waals surface area contributed by atoms with Crippen LogP contribution in [0.15, 0.2) is 18.2 Å². The number of rotatable bonds is 8. The third-order valence-electron chi connectivity index (χ3n) is 2.41. The van der Waals surface area contributed by atoms with Crippen molar-refractivity contribution >= 4 is 5.69 Å². The van der Waals surface area contributed by atoms with Crippen molar-refractivity contribution in [2.75, 3.05) is 25.1 Å². The monoisotopic (exact) mass is 259 g/mol. The van der Waals surface area contributed by atoms with Gasteiger partial charge in [-0.15, -0.1) is 0 Å². The van der Waals surface area contributed by atoms with Crippen LogP contribution in [0, 0.1) is 11.6 Å². The molecule has 0 amide bonds. The predicted octanol–water partition coefficient (Wildman–Crippen LogP) is 2.55. The van der Waals surface area contributed by atoms with Gasteiger partial charge in [-0.25, -0.2) is 8.78 Å². The molecule has 0 fully saturated rings. The molecule has 1 atom stereocenters. The second kappa shape index (κ2) is 8.00. The summed E-state index contributed by atoms with van der Waals surface area (Å²) in [6, 6.07) is 3.52. The smallest absolute Gasteiger partial charge is 0.160 e. The number of halogens is 2. The highest BCUT2D eigenvalue weighted by Crippen LogP contribution is 2.12. The molecule has 0 aliphatic carbocycles. The summed E-state index contributed by atoms with van der Waals surface area (Å²) in [7, 11) is 0. The molecule has 1 rings (SSSR count). The Bertz CT molecular complexity index is 361. The summed E-state index contributed by atoms with van der Waals surface area (Å²) in [6.07, 6.45) is 1.34. The van der Waals surface area contributed by atoms with E-state index in [1.54, 1.807) is 0 Å².